The third-order valence-electron chi connectivity index (χ3n) is 6.07. The molecule has 0 aliphatic rings. The van der Waals surface area contributed by atoms with Crippen molar-refractivity contribution in [2.45, 2.75) is 33.2 Å². The van der Waals surface area contributed by atoms with Crippen LogP contribution < -0.4 is 5.56 Å². The quantitative estimate of drug-likeness (QED) is 0.448. The third kappa shape index (κ3) is 3.71. The highest BCUT2D eigenvalue weighted by Gasteiger charge is 2.26. The van der Waals surface area contributed by atoms with Gasteiger partial charge in [-0.15, -0.1) is 0 Å². The highest BCUT2D eigenvalue weighted by Crippen LogP contribution is 2.25. The van der Waals surface area contributed by atoms with Crippen LogP contribution in [0.3, 0.4) is 0 Å². The van der Waals surface area contributed by atoms with E-state index in [1.54, 1.807) is 22.6 Å². The van der Waals surface area contributed by atoms with Gasteiger partial charge in [0.1, 0.15) is 5.82 Å². The van der Waals surface area contributed by atoms with E-state index >= 15 is 0 Å². The number of hydrogen-bond donors (Lipinski definition) is 0. The van der Waals surface area contributed by atoms with Crippen molar-refractivity contribution < 1.29 is 4.79 Å². The van der Waals surface area contributed by atoms with E-state index in [0.717, 1.165) is 23.2 Å². The molecule has 4 aromatic rings. The summed E-state index contributed by atoms with van der Waals surface area (Å²) in [7, 11) is 1.76. The van der Waals surface area contributed by atoms with Crippen molar-refractivity contribution in [2.24, 2.45) is 0 Å². The van der Waals surface area contributed by atoms with Crippen LogP contribution in [0.25, 0.3) is 16.6 Å². The molecule has 0 saturated heterocycles. The van der Waals surface area contributed by atoms with Crippen LogP contribution in [0.5, 0.6) is 0 Å². The van der Waals surface area contributed by atoms with Crippen molar-refractivity contribution in [3.8, 4) is 5.69 Å². The number of aryl methyl sites for hydroxylation is 2. The fourth-order valence-corrected chi connectivity index (χ4v) is 4.04. The fourth-order valence-electron chi connectivity index (χ4n) is 4.04. The predicted molar refractivity (Wildman–Crippen MR) is 128 cm³/mol. The summed E-state index contributed by atoms with van der Waals surface area (Å²) in [5, 5.41) is 0.558. The molecule has 0 saturated carbocycles. The van der Waals surface area contributed by atoms with E-state index in [4.69, 9.17) is 4.98 Å². The second-order valence-electron chi connectivity index (χ2n) is 8.02. The lowest BCUT2D eigenvalue weighted by molar-refractivity contribution is 0.0734. The Bertz CT molecular complexity index is 1360. The SMILES string of the molecule is CCc1ccccc1-n1c(C(C)N(C)C(=O)c2ccccc2C)nc2ccccc2c1=O. The first kappa shape index (κ1) is 21.5. The number of hydrogen-bond acceptors (Lipinski definition) is 3. The smallest absolute Gasteiger partial charge is 0.266 e. The summed E-state index contributed by atoms with van der Waals surface area (Å²) < 4.78 is 1.67. The van der Waals surface area contributed by atoms with Crippen molar-refractivity contribution in [2.75, 3.05) is 7.05 Å². The largest absolute Gasteiger partial charge is 0.332 e. The molecule has 0 spiro atoms. The van der Waals surface area contributed by atoms with Crippen LogP contribution in [0.1, 0.15) is 47.2 Å². The maximum absolute atomic E-state index is 13.7. The Morgan fingerprint density at radius 1 is 1.00 bits per heavy atom. The summed E-state index contributed by atoms with van der Waals surface area (Å²) in [6, 6.07) is 22.3. The molecule has 3 aromatic carbocycles. The van der Waals surface area contributed by atoms with E-state index in [2.05, 4.69) is 6.92 Å². The van der Waals surface area contributed by atoms with Gasteiger partial charge >= 0.3 is 0 Å². The minimum absolute atomic E-state index is 0.103. The zero-order valence-electron chi connectivity index (χ0n) is 18.9. The van der Waals surface area contributed by atoms with Crippen molar-refractivity contribution in [3.05, 3.63) is 106 Å². The Kier molecular flexibility index (Phi) is 5.91. The van der Waals surface area contributed by atoms with Crippen molar-refractivity contribution in [1.29, 1.82) is 0 Å². The molecule has 1 heterocycles. The molecule has 4 rings (SSSR count). The van der Waals surface area contributed by atoms with Gasteiger partial charge in [-0.3, -0.25) is 14.2 Å². The Hall–Kier alpha value is -3.73. The second kappa shape index (κ2) is 8.79. The van der Waals surface area contributed by atoms with Crippen molar-refractivity contribution in [3.63, 3.8) is 0 Å². The second-order valence-corrected chi connectivity index (χ2v) is 8.02. The molecule has 32 heavy (non-hydrogen) atoms. The Morgan fingerprint density at radius 3 is 2.41 bits per heavy atom. The summed E-state index contributed by atoms with van der Waals surface area (Å²) in [4.78, 5) is 33.5. The average Bonchev–Trinajstić information content (AvgIpc) is 2.83. The molecule has 5 heteroatoms. The molecule has 0 bridgehead atoms. The minimum atomic E-state index is -0.427. The molecular weight excluding hydrogens is 398 g/mol. The van der Waals surface area contributed by atoms with Crippen LogP contribution in [0.4, 0.5) is 0 Å². The van der Waals surface area contributed by atoms with Gasteiger partial charge < -0.3 is 4.90 Å². The van der Waals surface area contributed by atoms with Crippen LogP contribution in [0.15, 0.2) is 77.6 Å². The third-order valence-corrected chi connectivity index (χ3v) is 6.07. The van der Waals surface area contributed by atoms with Gasteiger partial charge in [0.05, 0.1) is 22.6 Å². The van der Waals surface area contributed by atoms with Gasteiger partial charge in [0, 0.05) is 12.6 Å². The number of carbonyl (C=O) groups is 1. The molecule has 1 amide bonds. The van der Waals surface area contributed by atoms with Crippen LogP contribution in [-0.4, -0.2) is 27.4 Å². The van der Waals surface area contributed by atoms with E-state index in [0.29, 0.717) is 22.3 Å². The maximum atomic E-state index is 13.7. The van der Waals surface area contributed by atoms with E-state index in [1.807, 2.05) is 80.6 Å². The maximum Gasteiger partial charge on any atom is 0.266 e. The van der Waals surface area contributed by atoms with Crippen molar-refractivity contribution >= 4 is 16.8 Å². The van der Waals surface area contributed by atoms with E-state index in [9.17, 15) is 9.59 Å². The van der Waals surface area contributed by atoms with Gasteiger partial charge in [0.15, 0.2) is 0 Å². The summed E-state index contributed by atoms with van der Waals surface area (Å²) in [5.41, 5.74) is 3.91. The Morgan fingerprint density at radius 2 is 1.66 bits per heavy atom. The number of amides is 1. The molecule has 0 N–H and O–H groups in total. The lowest BCUT2D eigenvalue weighted by Crippen LogP contribution is -2.35. The molecule has 0 aliphatic heterocycles. The number of benzene rings is 3. The number of fused-ring (bicyclic) bond motifs is 1. The predicted octanol–water partition coefficient (Wildman–Crippen LogP) is 5.09. The normalized spacial score (nSPS) is 12.0. The van der Waals surface area contributed by atoms with Crippen molar-refractivity contribution in [1.82, 2.24) is 14.5 Å². The topological polar surface area (TPSA) is 55.2 Å². The number of nitrogens with zero attached hydrogens (tertiary/aromatic N) is 3. The lowest BCUT2D eigenvalue weighted by Gasteiger charge is -2.28. The molecule has 0 aliphatic carbocycles. The van der Waals surface area contributed by atoms with Gasteiger partial charge in [-0.05, 0) is 55.7 Å². The molecule has 162 valence electrons. The van der Waals surface area contributed by atoms with Crippen LogP contribution >= 0.6 is 0 Å². The summed E-state index contributed by atoms with van der Waals surface area (Å²) in [6.45, 7) is 5.90. The average molecular weight is 426 g/mol. The van der Waals surface area contributed by atoms with Gasteiger partial charge in [-0.1, -0.05) is 55.5 Å². The highest BCUT2D eigenvalue weighted by molar-refractivity contribution is 5.95. The zero-order valence-corrected chi connectivity index (χ0v) is 18.9. The van der Waals surface area contributed by atoms with E-state index in [-0.39, 0.29) is 11.5 Å². The molecule has 1 atom stereocenters. The van der Waals surface area contributed by atoms with Crippen LogP contribution in [-0.2, 0) is 6.42 Å². The van der Waals surface area contributed by atoms with E-state index in [1.165, 1.54) is 0 Å². The first-order valence-corrected chi connectivity index (χ1v) is 10.9. The molecule has 0 radical (unpaired) electrons. The Labute approximate surface area is 188 Å². The molecule has 0 fully saturated rings. The first-order valence-electron chi connectivity index (χ1n) is 10.9. The monoisotopic (exact) mass is 425 g/mol. The standard InChI is InChI=1S/C27H27N3O2/c1-5-20-13-7-11-17-24(20)30-25(28-23-16-10-9-15-22(23)27(30)32)19(3)29(4)26(31)21-14-8-6-12-18(21)2/h6-17,19H,5H2,1-4H3. The van der Waals surface area contributed by atoms with Gasteiger partial charge in [-0.25, -0.2) is 4.98 Å². The molecule has 1 aromatic heterocycles. The summed E-state index contributed by atoms with van der Waals surface area (Å²) in [6.07, 6.45) is 0.779. The van der Waals surface area contributed by atoms with E-state index < -0.39 is 6.04 Å². The first-order chi connectivity index (χ1) is 15.4. The summed E-state index contributed by atoms with van der Waals surface area (Å²) >= 11 is 0. The molecule has 1 unspecified atom stereocenters. The highest BCUT2D eigenvalue weighted by atomic mass is 16.2. The van der Waals surface area contributed by atoms with Gasteiger partial charge in [0.25, 0.3) is 11.5 Å². The number of para-hydroxylation sites is 2. The van der Waals surface area contributed by atoms with Gasteiger partial charge in [-0.2, -0.15) is 0 Å². The van der Waals surface area contributed by atoms with Gasteiger partial charge in [0.2, 0.25) is 0 Å². The lowest BCUT2D eigenvalue weighted by atomic mass is 10.1. The minimum Gasteiger partial charge on any atom is -0.332 e. The number of carbonyl (C=O) groups excluding carboxylic acids is 1. The fraction of sp³-hybridized carbons (Fsp3) is 0.222. The van der Waals surface area contributed by atoms with Crippen LogP contribution in [0.2, 0.25) is 0 Å². The summed E-state index contributed by atoms with van der Waals surface area (Å²) in [5.74, 6) is 0.437. The molecular formula is C27H27N3O2. The van der Waals surface area contributed by atoms with Crippen LogP contribution in [0, 0.1) is 6.92 Å². The Balaban J connectivity index is 1.92. The molecule has 5 nitrogen and oxygen atoms in total. The zero-order chi connectivity index (χ0) is 22.8. The number of aromatic nitrogens is 2. The number of rotatable bonds is 5.